The summed E-state index contributed by atoms with van der Waals surface area (Å²) < 4.78 is 0. The second kappa shape index (κ2) is 7.13. The Labute approximate surface area is 144 Å². The van der Waals surface area contributed by atoms with Gasteiger partial charge in [-0.25, -0.2) is 4.98 Å². The van der Waals surface area contributed by atoms with Crippen LogP contribution < -0.4 is 5.73 Å². The highest BCUT2D eigenvalue weighted by Gasteiger charge is 2.15. The minimum Gasteiger partial charge on any atom is -0.321 e. The number of hydrogen-bond donors (Lipinski definition) is 2. The van der Waals surface area contributed by atoms with Gasteiger partial charge in [0.25, 0.3) is 0 Å². The number of benzene rings is 2. The molecule has 1 aromatic heterocycles. The van der Waals surface area contributed by atoms with Crippen molar-refractivity contribution in [2.24, 2.45) is 5.73 Å². The van der Waals surface area contributed by atoms with Crippen molar-refractivity contribution < 1.29 is 0 Å². The standard InChI is InChI=1S/C17H16Cl2N4/c18-13-8-4-7-12(15(13)19)16-21-17(23-22-16)14(20)10-9-11-5-2-1-3-6-11/h1-8,14H,9-10,20H2,(H,21,22,23)/t14-/m1/s1. The summed E-state index contributed by atoms with van der Waals surface area (Å²) in [5.74, 6) is 1.15. The van der Waals surface area contributed by atoms with Gasteiger partial charge in [-0.15, -0.1) is 0 Å². The summed E-state index contributed by atoms with van der Waals surface area (Å²) in [4.78, 5) is 4.46. The van der Waals surface area contributed by atoms with Crippen LogP contribution in [0.2, 0.25) is 10.0 Å². The third-order valence-corrected chi connectivity index (χ3v) is 4.45. The minimum absolute atomic E-state index is 0.214. The third-order valence-electron chi connectivity index (χ3n) is 3.63. The molecule has 3 aromatic rings. The maximum absolute atomic E-state index is 6.21. The molecule has 0 radical (unpaired) electrons. The fourth-order valence-electron chi connectivity index (χ4n) is 2.34. The Morgan fingerprint density at radius 2 is 1.83 bits per heavy atom. The van der Waals surface area contributed by atoms with Gasteiger partial charge in [0, 0.05) is 5.56 Å². The molecule has 6 heteroatoms. The molecule has 4 nitrogen and oxygen atoms in total. The first-order valence-corrected chi connectivity index (χ1v) is 8.07. The molecule has 0 aliphatic rings. The van der Waals surface area contributed by atoms with E-state index >= 15 is 0 Å². The van der Waals surface area contributed by atoms with Crippen LogP contribution in [-0.4, -0.2) is 15.2 Å². The normalized spacial score (nSPS) is 12.3. The lowest BCUT2D eigenvalue weighted by molar-refractivity contribution is 0.615. The van der Waals surface area contributed by atoms with Crippen molar-refractivity contribution in [3.63, 3.8) is 0 Å². The summed E-state index contributed by atoms with van der Waals surface area (Å²) in [6.45, 7) is 0. The first kappa shape index (κ1) is 16.0. The third kappa shape index (κ3) is 3.72. The minimum atomic E-state index is -0.214. The number of rotatable bonds is 5. The second-order valence-electron chi connectivity index (χ2n) is 5.28. The molecule has 0 aliphatic heterocycles. The number of hydrogen-bond acceptors (Lipinski definition) is 3. The van der Waals surface area contributed by atoms with Crippen LogP contribution in [0, 0.1) is 0 Å². The zero-order valence-electron chi connectivity index (χ0n) is 12.3. The Hall–Kier alpha value is -1.88. The van der Waals surface area contributed by atoms with Gasteiger partial charge >= 0.3 is 0 Å². The molecule has 0 fully saturated rings. The van der Waals surface area contributed by atoms with Crippen LogP contribution in [-0.2, 0) is 6.42 Å². The Morgan fingerprint density at radius 1 is 1.04 bits per heavy atom. The molecule has 3 rings (SSSR count). The highest BCUT2D eigenvalue weighted by molar-refractivity contribution is 6.43. The van der Waals surface area contributed by atoms with Gasteiger partial charge in [-0.05, 0) is 30.5 Å². The molecular weight excluding hydrogens is 331 g/mol. The van der Waals surface area contributed by atoms with E-state index < -0.39 is 0 Å². The van der Waals surface area contributed by atoms with Gasteiger partial charge in [0.05, 0.1) is 16.1 Å². The Kier molecular flexibility index (Phi) is 4.96. The van der Waals surface area contributed by atoms with Crippen LogP contribution in [0.4, 0.5) is 0 Å². The van der Waals surface area contributed by atoms with Crippen molar-refractivity contribution in [2.75, 3.05) is 0 Å². The molecular formula is C17H16Cl2N4. The molecule has 1 heterocycles. The second-order valence-corrected chi connectivity index (χ2v) is 6.06. The maximum atomic E-state index is 6.21. The fourth-order valence-corrected chi connectivity index (χ4v) is 2.73. The van der Waals surface area contributed by atoms with Gasteiger partial charge in [-0.3, -0.25) is 5.10 Å². The van der Waals surface area contributed by atoms with E-state index in [0.717, 1.165) is 12.8 Å². The summed E-state index contributed by atoms with van der Waals surface area (Å²) in [6, 6.07) is 15.4. The zero-order chi connectivity index (χ0) is 16.2. The average Bonchev–Trinajstić information content (AvgIpc) is 3.06. The molecule has 0 bridgehead atoms. The highest BCUT2D eigenvalue weighted by Crippen LogP contribution is 2.31. The molecule has 0 saturated carbocycles. The molecule has 0 aliphatic carbocycles. The Balaban J connectivity index is 1.72. The first-order chi connectivity index (χ1) is 11.1. The van der Waals surface area contributed by atoms with Gasteiger partial charge in [0.2, 0.25) is 0 Å². The average molecular weight is 347 g/mol. The molecule has 0 spiro atoms. The predicted molar refractivity (Wildman–Crippen MR) is 93.5 cm³/mol. The van der Waals surface area contributed by atoms with E-state index in [1.165, 1.54) is 5.56 Å². The van der Waals surface area contributed by atoms with Gasteiger partial charge in [0.15, 0.2) is 5.82 Å². The summed E-state index contributed by atoms with van der Waals surface area (Å²) in [5.41, 5.74) is 8.15. The number of aromatic amines is 1. The number of nitrogens with two attached hydrogens (primary N) is 1. The summed E-state index contributed by atoms with van der Waals surface area (Å²) >= 11 is 12.2. The number of H-pyrrole nitrogens is 1. The quantitative estimate of drug-likeness (QED) is 0.718. The van der Waals surface area contributed by atoms with Crippen molar-refractivity contribution in [3.05, 3.63) is 70.0 Å². The van der Waals surface area contributed by atoms with E-state index in [-0.39, 0.29) is 6.04 Å². The monoisotopic (exact) mass is 346 g/mol. The number of nitrogens with one attached hydrogen (secondary N) is 1. The topological polar surface area (TPSA) is 67.6 Å². The van der Waals surface area contributed by atoms with Crippen molar-refractivity contribution in [1.82, 2.24) is 15.2 Å². The molecule has 118 valence electrons. The summed E-state index contributed by atoms with van der Waals surface area (Å²) in [7, 11) is 0. The first-order valence-electron chi connectivity index (χ1n) is 7.31. The van der Waals surface area contributed by atoms with Crippen molar-refractivity contribution in [1.29, 1.82) is 0 Å². The number of aromatic nitrogens is 3. The van der Waals surface area contributed by atoms with Crippen LogP contribution >= 0.6 is 23.2 Å². The van der Waals surface area contributed by atoms with Crippen LogP contribution in [0.3, 0.4) is 0 Å². The number of halogens is 2. The van der Waals surface area contributed by atoms with E-state index in [1.807, 2.05) is 30.3 Å². The van der Waals surface area contributed by atoms with Crippen molar-refractivity contribution >= 4 is 23.2 Å². The number of aryl methyl sites for hydroxylation is 1. The van der Waals surface area contributed by atoms with E-state index in [9.17, 15) is 0 Å². The van der Waals surface area contributed by atoms with Gasteiger partial charge in [0.1, 0.15) is 5.82 Å². The van der Waals surface area contributed by atoms with E-state index in [2.05, 4.69) is 27.3 Å². The molecule has 3 N–H and O–H groups in total. The van der Waals surface area contributed by atoms with E-state index in [4.69, 9.17) is 28.9 Å². The molecule has 1 atom stereocenters. The van der Waals surface area contributed by atoms with Crippen molar-refractivity contribution in [3.8, 4) is 11.4 Å². The smallest absolute Gasteiger partial charge is 0.182 e. The van der Waals surface area contributed by atoms with Gasteiger partial charge < -0.3 is 5.73 Å². The maximum Gasteiger partial charge on any atom is 0.182 e. The molecule has 0 unspecified atom stereocenters. The van der Waals surface area contributed by atoms with Gasteiger partial charge in [-0.1, -0.05) is 59.6 Å². The Bertz CT molecular complexity index is 786. The number of nitrogens with zero attached hydrogens (tertiary/aromatic N) is 2. The molecule has 2 aromatic carbocycles. The fraction of sp³-hybridized carbons (Fsp3) is 0.176. The van der Waals surface area contributed by atoms with E-state index in [1.54, 1.807) is 6.07 Å². The molecule has 0 saturated heterocycles. The van der Waals surface area contributed by atoms with Crippen molar-refractivity contribution in [2.45, 2.75) is 18.9 Å². The molecule has 23 heavy (non-hydrogen) atoms. The molecule has 0 amide bonds. The SMILES string of the molecule is N[C@H](CCc1ccccc1)c1nc(-c2cccc(Cl)c2Cl)n[nH]1. The zero-order valence-corrected chi connectivity index (χ0v) is 13.8. The summed E-state index contributed by atoms with van der Waals surface area (Å²) in [6.07, 6.45) is 1.66. The predicted octanol–water partition coefficient (Wildman–Crippen LogP) is 4.41. The van der Waals surface area contributed by atoms with Gasteiger partial charge in [-0.2, -0.15) is 5.10 Å². The summed E-state index contributed by atoms with van der Waals surface area (Å²) in [5, 5.41) is 8.02. The lowest BCUT2D eigenvalue weighted by atomic mass is 10.1. The van der Waals surface area contributed by atoms with E-state index in [0.29, 0.717) is 27.3 Å². The lowest BCUT2D eigenvalue weighted by Gasteiger charge is -2.07. The Morgan fingerprint density at radius 3 is 2.61 bits per heavy atom. The van der Waals surface area contributed by atoms with Crippen LogP contribution in [0.1, 0.15) is 23.9 Å². The lowest BCUT2D eigenvalue weighted by Crippen LogP contribution is -2.13. The van der Waals surface area contributed by atoms with Crippen LogP contribution in [0.5, 0.6) is 0 Å². The van der Waals surface area contributed by atoms with Crippen LogP contribution in [0.25, 0.3) is 11.4 Å². The van der Waals surface area contributed by atoms with Crippen LogP contribution in [0.15, 0.2) is 48.5 Å². The largest absolute Gasteiger partial charge is 0.321 e. The highest BCUT2D eigenvalue weighted by atomic mass is 35.5.